The molecule has 1 aliphatic rings. The first-order valence-corrected chi connectivity index (χ1v) is 7.05. The van der Waals surface area contributed by atoms with Gasteiger partial charge in [0.1, 0.15) is 5.82 Å². The van der Waals surface area contributed by atoms with Gasteiger partial charge in [-0.3, -0.25) is 0 Å². The quantitative estimate of drug-likeness (QED) is 0.853. The van der Waals surface area contributed by atoms with Crippen molar-refractivity contribution in [3.8, 4) is 0 Å². The number of hydrogen-bond donors (Lipinski definition) is 1. The fourth-order valence-corrected chi connectivity index (χ4v) is 3.40. The van der Waals surface area contributed by atoms with Gasteiger partial charge in [0.15, 0.2) is 0 Å². The molecule has 0 saturated heterocycles. The Kier molecular flexibility index (Phi) is 3.24. The highest BCUT2D eigenvalue weighted by Crippen LogP contribution is 2.37. The lowest BCUT2D eigenvalue weighted by atomic mass is 10.0. The molecular weight excluding hydrogens is 245 g/mol. The van der Waals surface area contributed by atoms with Gasteiger partial charge in [-0.15, -0.1) is 11.8 Å². The Balaban J connectivity index is 1.86. The SMILES string of the molecule is Fc1cccc(NC2CCSc3ccccc32)c1. The summed E-state index contributed by atoms with van der Waals surface area (Å²) >= 11 is 1.89. The molecule has 0 bridgehead atoms. The summed E-state index contributed by atoms with van der Waals surface area (Å²) in [6.07, 6.45) is 1.07. The molecule has 0 spiro atoms. The maximum atomic E-state index is 13.2. The number of rotatable bonds is 2. The number of halogens is 1. The van der Waals surface area contributed by atoms with Crippen molar-refractivity contribution in [2.45, 2.75) is 17.4 Å². The second-order valence-electron chi connectivity index (χ2n) is 4.38. The lowest BCUT2D eigenvalue weighted by Gasteiger charge is -2.26. The summed E-state index contributed by atoms with van der Waals surface area (Å²) in [4.78, 5) is 1.33. The molecule has 3 rings (SSSR count). The van der Waals surface area contributed by atoms with E-state index in [1.807, 2.05) is 17.8 Å². The first-order valence-electron chi connectivity index (χ1n) is 6.07. The van der Waals surface area contributed by atoms with E-state index in [-0.39, 0.29) is 11.9 Å². The minimum absolute atomic E-state index is 0.196. The number of thioether (sulfide) groups is 1. The molecular formula is C15H14FNS. The fraction of sp³-hybridized carbons (Fsp3) is 0.200. The van der Waals surface area contributed by atoms with Crippen molar-refractivity contribution in [1.82, 2.24) is 0 Å². The Labute approximate surface area is 110 Å². The van der Waals surface area contributed by atoms with Crippen molar-refractivity contribution in [3.05, 3.63) is 59.9 Å². The molecule has 3 heteroatoms. The summed E-state index contributed by atoms with van der Waals surface area (Å²) in [7, 11) is 0. The van der Waals surface area contributed by atoms with E-state index in [1.54, 1.807) is 12.1 Å². The molecule has 1 heterocycles. The minimum Gasteiger partial charge on any atom is -0.378 e. The first kappa shape index (κ1) is 11.6. The van der Waals surface area contributed by atoms with Crippen LogP contribution < -0.4 is 5.32 Å². The van der Waals surface area contributed by atoms with E-state index >= 15 is 0 Å². The van der Waals surface area contributed by atoms with Crippen LogP contribution in [0.5, 0.6) is 0 Å². The van der Waals surface area contributed by atoms with Gasteiger partial charge in [-0.1, -0.05) is 24.3 Å². The largest absolute Gasteiger partial charge is 0.378 e. The topological polar surface area (TPSA) is 12.0 Å². The Morgan fingerprint density at radius 1 is 1.11 bits per heavy atom. The second-order valence-corrected chi connectivity index (χ2v) is 5.52. The molecule has 18 heavy (non-hydrogen) atoms. The summed E-state index contributed by atoms with van der Waals surface area (Å²) in [6.45, 7) is 0. The van der Waals surface area contributed by atoms with Crippen molar-refractivity contribution < 1.29 is 4.39 Å². The average molecular weight is 259 g/mol. The maximum Gasteiger partial charge on any atom is 0.125 e. The van der Waals surface area contributed by atoms with Crippen LogP contribution in [-0.4, -0.2) is 5.75 Å². The van der Waals surface area contributed by atoms with Crippen LogP contribution in [0.25, 0.3) is 0 Å². The summed E-state index contributed by atoms with van der Waals surface area (Å²) < 4.78 is 13.2. The van der Waals surface area contributed by atoms with Crippen molar-refractivity contribution in [2.24, 2.45) is 0 Å². The number of hydrogen-bond acceptors (Lipinski definition) is 2. The monoisotopic (exact) mass is 259 g/mol. The van der Waals surface area contributed by atoms with Gasteiger partial charge in [-0.2, -0.15) is 0 Å². The predicted molar refractivity (Wildman–Crippen MR) is 74.5 cm³/mol. The molecule has 2 aromatic rings. The van der Waals surface area contributed by atoms with Crippen LogP contribution in [0.1, 0.15) is 18.0 Å². The third-order valence-corrected chi connectivity index (χ3v) is 4.25. The number of nitrogens with one attached hydrogen (secondary N) is 1. The van der Waals surface area contributed by atoms with Crippen LogP contribution in [0.2, 0.25) is 0 Å². The fourth-order valence-electron chi connectivity index (χ4n) is 2.27. The summed E-state index contributed by atoms with van der Waals surface area (Å²) in [6, 6.07) is 15.4. The van der Waals surface area contributed by atoms with Crippen LogP contribution >= 0.6 is 11.8 Å². The lowest BCUT2D eigenvalue weighted by Crippen LogP contribution is -2.15. The van der Waals surface area contributed by atoms with E-state index in [1.165, 1.54) is 16.5 Å². The molecule has 1 aliphatic heterocycles. The Hall–Kier alpha value is -1.48. The zero-order valence-corrected chi connectivity index (χ0v) is 10.7. The average Bonchev–Trinajstić information content (AvgIpc) is 2.39. The van der Waals surface area contributed by atoms with Crippen molar-refractivity contribution in [3.63, 3.8) is 0 Å². The highest BCUT2D eigenvalue weighted by molar-refractivity contribution is 7.99. The van der Waals surface area contributed by atoms with Gasteiger partial charge >= 0.3 is 0 Å². The molecule has 0 saturated carbocycles. The van der Waals surface area contributed by atoms with Crippen LogP contribution in [0.4, 0.5) is 10.1 Å². The molecule has 0 radical (unpaired) electrons. The lowest BCUT2D eigenvalue weighted by molar-refractivity contribution is 0.627. The third-order valence-electron chi connectivity index (χ3n) is 3.12. The van der Waals surface area contributed by atoms with Gasteiger partial charge in [-0.25, -0.2) is 4.39 Å². The Morgan fingerprint density at radius 2 is 2.00 bits per heavy atom. The molecule has 2 aromatic carbocycles. The molecule has 1 N–H and O–H groups in total. The molecule has 92 valence electrons. The Bertz CT molecular complexity index is 556. The van der Waals surface area contributed by atoms with E-state index in [4.69, 9.17) is 0 Å². The van der Waals surface area contributed by atoms with Gasteiger partial charge in [0.25, 0.3) is 0 Å². The minimum atomic E-state index is -0.196. The van der Waals surface area contributed by atoms with E-state index in [0.29, 0.717) is 0 Å². The van der Waals surface area contributed by atoms with E-state index in [9.17, 15) is 4.39 Å². The molecule has 0 amide bonds. The molecule has 1 unspecified atom stereocenters. The summed E-state index contributed by atoms with van der Waals surface area (Å²) in [5.74, 6) is 0.905. The smallest absolute Gasteiger partial charge is 0.125 e. The van der Waals surface area contributed by atoms with Crippen molar-refractivity contribution >= 4 is 17.4 Å². The number of fused-ring (bicyclic) bond motifs is 1. The van der Waals surface area contributed by atoms with E-state index in [2.05, 4.69) is 29.6 Å². The molecule has 0 aromatic heterocycles. The number of benzene rings is 2. The zero-order valence-electron chi connectivity index (χ0n) is 9.90. The highest BCUT2D eigenvalue weighted by Gasteiger charge is 2.19. The van der Waals surface area contributed by atoms with Crippen LogP contribution in [0.3, 0.4) is 0 Å². The third kappa shape index (κ3) is 2.36. The second kappa shape index (κ2) is 5.02. The van der Waals surface area contributed by atoms with Crippen LogP contribution in [0, 0.1) is 5.82 Å². The van der Waals surface area contributed by atoms with Crippen molar-refractivity contribution in [2.75, 3.05) is 11.1 Å². The highest BCUT2D eigenvalue weighted by atomic mass is 32.2. The van der Waals surface area contributed by atoms with Gasteiger partial charge in [0.2, 0.25) is 0 Å². The zero-order chi connectivity index (χ0) is 12.4. The van der Waals surface area contributed by atoms with Gasteiger partial charge in [0, 0.05) is 16.3 Å². The van der Waals surface area contributed by atoms with Crippen LogP contribution in [-0.2, 0) is 0 Å². The maximum absolute atomic E-state index is 13.2. The Morgan fingerprint density at radius 3 is 2.89 bits per heavy atom. The predicted octanol–water partition coefficient (Wildman–Crippen LogP) is 4.47. The van der Waals surface area contributed by atoms with Crippen LogP contribution in [0.15, 0.2) is 53.4 Å². The molecule has 0 aliphatic carbocycles. The number of anilines is 1. The molecule has 1 atom stereocenters. The van der Waals surface area contributed by atoms with E-state index in [0.717, 1.165) is 17.9 Å². The molecule has 1 nitrogen and oxygen atoms in total. The van der Waals surface area contributed by atoms with Gasteiger partial charge in [0.05, 0.1) is 6.04 Å². The first-order chi connectivity index (χ1) is 8.83. The van der Waals surface area contributed by atoms with Gasteiger partial charge < -0.3 is 5.32 Å². The standard InChI is InChI=1S/C15H14FNS/c16-11-4-3-5-12(10-11)17-14-8-9-18-15-7-2-1-6-13(14)15/h1-7,10,14,17H,8-9H2. The van der Waals surface area contributed by atoms with E-state index < -0.39 is 0 Å². The molecule has 0 fully saturated rings. The normalized spacial score (nSPS) is 18.2. The summed E-state index contributed by atoms with van der Waals surface area (Å²) in [5.41, 5.74) is 2.17. The summed E-state index contributed by atoms with van der Waals surface area (Å²) in [5, 5.41) is 3.42. The van der Waals surface area contributed by atoms with Crippen molar-refractivity contribution in [1.29, 1.82) is 0 Å². The van der Waals surface area contributed by atoms with Gasteiger partial charge in [-0.05, 0) is 36.2 Å².